The first kappa shape index (κ1) is 13.2. The van der Waals surface area contributed by atoms with Crippen LogP contribution in [0.25, 0.3) is 0 Å². The van der Waals surface area contributed by atoms with Crippen LogP contribution in [0, 0.1) is 0 Å². The van der Waals surface area contributed by atoms with Gasteiger partial charge >= 0.3 is 0 Å². The highest BCUT2D eigenvalue weighted by Crippen LogP contribution is 2.08. The Bertz CT molecular complexity index is 275. The molecule has 0 aliphatic carbocycles. The molecule has 0 spiro atoms. The molecule has 0 fully saturated rings. The predicted octanol–water partition coefficient (Wildman–Crippen LogP) is 2.45. The number of hydrogen-bond donors (Lipinski definition) is 1. The molecule has 0 radical (unpaired) electrons. The summed E-state index contributed by atoms with van der Waals surface area (Å²) >= 11 is 0. The minimum absolute atomic E-state index is 0.243. The van der Waals surface area contributed by atoms with E-state index in [0.717, 1.165) is 32.5 Å². The Kier molecular flexibility index (Phi) is 6.12. The van der Waals surface area contributed by atoms with Crippen LogP contribution in [0.2, 0.25) is 0 Å². The van der Waals surface area contributed by atoms with Gasteiger partial charge in [-0.3, -0.25) is 4.90 Å². The van der Waals surface area contributed by atoms with Crippen molar-refractivity contribution >= 4 is 0 Å². The Labute approximate surface area is 98.9 Å². The standard InChI is InChI=1S/C14H23NO/c1-3-9-15(10-11-16)12-14-7-5-13(4-2)6-8-14/h5-8,16H,3-4,9-12H2,1-2H3. The topological polar surface area (TPSA) is 23.5 Å². The normalized spacial score (nSPS) is 11.0. The van der Waals surface area contributed by atoms with E-state index in [-0.39, 0.29) is 6.61 Å². The lowest BCUT2D eigenvalue weighted by Crippen LogP contribution is -2.27. The third-order valence-electron chi connectivity index (χ3n) is 2.79. The molecule has 0 bridgehead atoms. The first-order chi connectivity index (χ1) is 7.80. The van der Waals surface area contributed by atoms with E-state index in [2.05, 4.69) is 43.0 Å². The van der Waals surface area contributed by atoms with Crippen molar-refractivity contribution in [1.82, 2.24) is 4.90 Å². The van der Waals surface area contributed by atoms with Gasteiger partial charge in [-0.05, 0) is 30.5 Å². The number of hydrogen-bond acceptors (Lipinski definition) is 2. The molecule has 0 aromatic heterocycles. The highest BCUT2D eigenvalue weighted by molar-refractivity contribution is 5.22. The number of benzene rings is 1. The Morgan fingerprint density at radius 2 is 1.62 bits per heavy atom. The van der Waals surface area contributed by atoms with Gasteiger partial charge in [0.2, 0.25) is 0 Å². The molecule has 2 nitrogen and oxygen atoms in total. The van der Waals surface area contributed by atoms with Gasteiger partial charge in [-0.2, -0.15) is 0 Å². The minimum atomic E-state index is 0.243. The fourth-order valence-electron chi connectivity index (χ4n) is 1.87. The molecule has 1 N–H and O–H groups in total. The highest BCUT2D eigenvalue weighted by Gasteiger charge is 2.03. The van der Waals surface area contributed by atoms with Gasteiger partial charge in [0.25, 0.3) is 0 Å². The third kappa shape index (κ3) is 4.33. The summed E-state index contributed by atoms with van der Waals surface area (Å²) in [6.07, 6.45) is 2.22. The van der Waals surface area contributed by atoms with E-state index in [9.17, 15) is 0 Å². The van der Waals surface area contributed by atoms with Crippen LogP contribution >= 0.6 is 0 Å². The van der Waals surface area contributed by atoms with E-state index in [0.29, 0.717) is 0 Å². The largest absolute Gasteiger partial charge is 0.395 e. The second-order valence-corrected chi connectivity index (χ2v) is 4.17. The van der Waals surface area contributed by atoms with Crippen LogP contribution in [0.15, 0.2) is 24.3 Å². The summed E-state index contributed by atoms with van der Waals surface area (Å²) in [5.74, 6) is 0. The maximum Gasteiger partial charge on any atom is 0.0558 e. The zero-order chi connectivity index (χ0) is 11.8. The lowest BCUT2D eigenvalue weighted by Gasteiger charge is -2.20. The van der Waals surface area contributed by atoms with E-state index in [4.69, 9.17) is 5.11 Å². The van der Waals surface area contributed by atoms with Crippen molar-refractivity contribution in [3.63, 3.8) is 0 Å². The molecule has 90 valence electrons. The molecule has 0 amide bonds. The molecular weight excluding hydrogens is 198 g/mol. The number of aliphatic hydroxyl groups excluding tert-OH is 1. The quantitative estimate of drug-likeness (QED) is 0.764. The maximum absolute atomic E-state index is 8.98. The SMILES string of the molecule is CCCN(CCO)Cc1ccc(CC)cc1. The van der Waals surface area contributed by atoms with Gasteiger partial charge in [0.1, 0.15) is 0 Å². The molecule has 0 aliphatic rings. The van der Waals surface area contributed by atoms with Crippen molar-refractivity contribution in [2.24, 2.45) is 0 Å². The smallest absolute Gasteiger partial charge is 0.0558 e. The molecule has 0 saturated heterocycles. The van der Waals surface area contributed by atoms with Crippen molar-refractivity contribution in [3.8, 4) is 0 Å². The summed E-state index contributed by atoms with van der Waals surface area (Å²) < 4.78 is 0. The summed E-state index contributed by atoms with van der Waals surface area (Å²) in [6.45, 7) is 7.35. The van der Waals surface area contributed by atoms with Crippen LogP contribution in [0.5, 0.6) is 0 Å². The van der Waals surface area contributed by atoms with Crippen LogP contribution in [0.3, 0.4) is 0 Å². The monoisotopic (exact) mass is 221 g/mol. The Hall–Kier alpha value is -0.860. The molecule has 0 aliphatic heterocycles. The van der Waals surface area contributed by atoms with Crippen molar-refractivity contribution in [1.29, 1.82) is 0 Å². The molecule has 0 atom stereocenters. The first-order valence-electron chi connectivity index (χ1n) is 6.21. The van der Waals surface area contributed by atoms with Crippen LogP contribution in [0.4, 0.5) is 0 Å². The van der Waals surface area contributed by atoms with Gasteiger partial charge in [-0.25, -0.2) is 0 Å². The molecule has 0 saturated carbocycles. The van der Waals surface area contributed by atoms with Crippen molar-refractivity contribution in [2.75, 3.05) is 19.7 Å². The first-order valence-corrected chi connectivity index (χ1v) is 6.21. The molecular formula is C14H23NO. The van der Waals surface area contributed by atoms with Gasteiger partial charge < -0.3 is 5.11 Å². The minimum Gasteiger partial charge on any atom is -0.395 e. The number of nitrogens with zero attached hydrogens (tertiary/aromatic N) is 1. The lowest BCUT2D eigenvalue weighted by atomic mass is 10.1. The maximum atomic E-state index is 8.98. The predicted molar refractivity (Wildman–Crippen MR) is 68.5 cm³/mol. The van der Waals surface area contributed by atoms with Crippen molar-refractivity contribution < 1.29 is 5.11 Å². The van der Waals surface area contributed by atoms with Crippen LogP contribution in [-0.4, -0.2) is 29.7 Å². The number of aliphatic hydroxyl groups is 1. The average molecular weight is 221 g/mol. The Morgan fingerprint density at radius 3 is 2.12 bits per heavy atom. The van der Waals surface area contributed by atoms with Crippen LogP contribution in [0.1, 0.15) is 31.4 Å². The highest BCUT2D eigenvalue weighted by atomic mass is 16.3. The summed E-state index contributed by atoms with van der Waals surface area (Å²) in [4.78, 5) is 2.29. The van der Waals surface area contributed by atoms with E-state index in [1.807, 2.05) is 0 Å². The molecule has 16 heavy (non-hydrogen) atoms. The number of rotatable bonds is 7. The summed E-state index contributed by atoms with van der Waals surface area (Å²) in [5, 5.41) is 8.98. The van der Waals surface area contributed by atoms with Crippen LogP contribution < -0.4 is 0 Å². The molecule has 0 unspecified atom stereocenters. The van der Waals surface area contributed by atoms with Gasteiger partial charge in [-0.1, -0.05) is 38.1 Å². The van der Waals surface area contributed by atoms with Crippen molar-refractivity contribution in [3.05, 3.63) is 35.4 Å². The molecule has 1 rings (SSSR count). The second-order valence-electron chi connectivity index (χ2n) is 4.17. The fourth-order valence-corrected chi connectivity index (χ4v) is 1.87. The molecule has 1 aromatic carbocycles. The number of aryl methyl sites for hydroxylation is 1. The summed E-state index contributed by atoms with van der Waals surface area (Å²) in [6, 6.07) is 8.77. The fraction of sp³-hybridized carbons (Fsp3) is 0.571. The van der Waals surface area contributed by atoms with Crippen LogP contribution in [-0.2, 0) is 13.0 Å². The van der Waals surface area contributed by atoms with Gasteiger partial charge in [0.15, 0.2) is 0 Å². The van der Waals surface area contributed by atoms with Gasteiger partial charge in [-0.15, -0.1) is 0 Å². The Morgan fingerprint density at radius 1 is 1.00 bits per heavy atom. The molecule has 2 heteroatoms. The van der Waals surface area contributed by atoms with E-state index < -0.39 is 0 Å². The zero-order valence-electron chi connectivity index (χ0n) is 10.4. The van der Waals surface area contributed by atoms with E-state index >= 15 is 0 Å². The van der Waals surface area contributed by atoms with Crippen molar-refractivity contribution in [2.45, 2.75) is 33.2 Å². The lowest BCUT2D eigenvalue weighted by molar-refractivity contribution is 0.190. The molecule has 0 heterocycles. The van der Waals surface area contributed by atoms with E-state index in [1.54, 1.807) is 0 Å². The third-order valence-corrected chi connectivity index (χ3v) is 2.79. The Balaban J connectivity index is 2.54. The molecule has 1 aromatic rings. The van der Waals surface area contributed by atoms with E-state index in [1.165, 1.54) is 11.1 Å². The van der Waals surface area contributed by atoms with Gasteiger partial charge in [0.05, 0.1) is 6.61 Å². The summed E-state index contributed by atoms with van der Waals surface area (Å²) in [5.41, 5.74) is 2.71. The average Bonchev–Trinajstić information content (AvgIpc) is 2.31. The zero-order valence-corrected chi connectivity index (χ0v) is 10.4. The summed E-state index contributed by atoms with van der Waals surface area (Å²) in [7, 11) is 0. The van der Waals surface area contributed by atoms with Gasteiger partial charge in [0, 0.05) is 13.1 Å². The second kappa shape index (κ2) is 7.42.